The van der Waals surface area contributed by atoms with Gasteiger partial charge in [-0.3, -0.25) is 4.79 Å². The van der Waals surface area contributed by atoms with Crippen LogP contribution in [-0.4, -0.2) is 54.2 Å². The normalized spacial score (nSPS) is 18.8. The molecule has 1 aliphatic heterocycles. The maximum atomic E-state index is 11.9. The molecule has 2 amide bonds. The molecule has 7 heteroatoms. The third-order valence-corrected chi connectivity index (χ3v) is 3.08. The number of carbonyl (C=O) groups is 3. The zero-order chi connectivity index (χ0) is 14.3. The van der Waals surface area contributed by atoms with E-state index in [-0.39, 0.29) is 19.0 Å². The third kappa shape index (κ3) is 4.76. The molecule has 0 saturated carbocycles. The number of rotatable bonds is 5. The minimum Gasteiger partial charge on any atom is -0.481 e. The molecule has 19 heavy (non-hydrogen) atoms. The van der Waals surface area contributed by atoms with Crippen molar-refractivity contribution in [1.29, 1.82) is 0 Å². The first-order valence-electron chi connectivity index (χ1n) is 6.40. The molecule has 0 bridgehead atoms. The SMILES string of the molecule is COC(=O)C1CCCCN1C(=O)NCCCC(=O)O. The topological polar surface area (TPSA) is 95.9 Å². The molecule has 2 N–H and O–H groups in total. The van der Waals surface area contributed by atoms with Gasteiger partial charge in [-0.15, -0.1) is 0 Å². The Morgan fingerprint density at radius 3 is 2.74 bits per heavy atom. The number of nitrogens with one attached hydrogen (secondary N) is 1. The van der Waals surface area contributed by atoms with Crippen molar-refractivity contribution in [2.75, 3.05) is 20.2 Å². The summed E-state index contributed by atoms with van der Waals surface area (Å²) >= 11 is 0. The standard InChI is InChI=1S/C12H20N2O5/c1-19-11(17)9-5-2-3-8-14(9)12(18)13-7-4-6-10(15)16/h9H,2-8H2,1H3,(H,13,18)(H,15,16). The van der Waals surface area contributed by atoms with Crippen molar-refractivity contribution in [2.45, 2.75) is 38.1 Å². The predicted octanol–water partition coefficient (Wildman–Crippen LogP) is 0.588. The number of ether oxygens (including phenoxy) is 1. The maximum absolute atomic E-state index is 11.9. The number of hydrogen-bond acceptors (Lipinski definition) is 4. The minimum atomic E-state index is -0.889. The van der Waals surface area contributed by atoms with Crippen LogP contribution in [0.1, 0.15) is 32.1 Å². The minimum absolute atomic E-state index is 0.0146. The van der Waals surface area contributed by atoms with Gasteiger partial charge < -0.3 is 20.1 Å². The van der Waals surface area contributed by atoms with Gasteiger partial charge in [0, 0.05) is 19.5 Å². The van der Waals surface area contributed by atoms with Crippen LogP contribution < -0.4 is 5.32 Å². The second kappa shape index (κ2) is 7.60. The summed E-state index contributed by atoms with van der Waals surface area (Å²) in [5, 5.41) is 11.1. The summed E-state index contributed by atoms with van der Waals surface area (Å²) in [4.78, 5) is 35.3. The van der Waals surface area contributed by atoms with E-state index in [0.29, 0.717) is 19.4 Å². The van der Waals surface area contributed by atoms with E-state index < -0.39 is 18.0 Å². The molecule has 0 spiro atoms. The molecule has 0 aromatic rings. The number of hydrogen-bond donors (Lipinski definition) is 2. The molecule has 0 aromatic heterocycles. The first-order valence-corrected chi connectivity index (χ1v) is 6.40. The summed E-state index contributed by atoms with van der Waals surface area (Å²) in [6.07, 6.45) is 2.74. The Kier molecular flexibility index (Phi) is 6.11. The average Bonchev–Trinajstić information content (AvgIpc) is 2.42. The molecule has 108 valence electrons. The van der Waals surface area contributed by atoms with Crippen LogP contribution in [0, 0.1) is 0 Å². The summed E-state index contributed by atoms with van der Waals surface area (Å²) in [5.74, 6) is -1.29. The molecular formula is C12H20N2O5. The number of urea groups is 1. The zero-order valence-electron chi connectivity index (χ0n) is 11.1. The van der Waals surface area contributed by atoms with E-state index >= 15 is 0 Å². The van der Waals surface area contributed by atoms with Crippen LogP contribution >= 0.6 is 0 Å². The van der Waals surface area contributed by atoms with Crippen molar-refractivity contribution >= 4 is 18.0 Å². The first kappa shape index (κ1) is 15.3. The summed E-state index contributed by atoms with van der Waals surface area (Å²) in [7, 11) is 1.31. The van der Waals surface area contributed by atoms with Crippen molar-refractivity contribution in [3.63, 3.8) is 0 Å². The number of methoxy groups -OCH3 is 1. The van der Waals surface area contributed by atoms with Crippen LogP contribution in [0.2, 0.25) is 0 Å². The summed E-state index contributed by atoms with van der Waals surface area (Å²) < 4.78 is 4.69. The van der Waals surface area contributed by atoms with Gasteiger partial charge in [-0.25, -0.2) is 9.59 Å². The number of piperidine rings is 1. The average molecular weight is 272 g/mol. The van der Waals surface area contributed by atoms with Gasteiger partial charge in [-0.1, -0.05) is 0 Å². The number of nitrogens with zero attached hydrogens (tertiary/aromatic N) is 1. The van der Waals surface area contributed by atoms with Crippen LogP contribution in [0.15, 0.2) is 0 Å². The Hall–Kier alpha value is -1.79. The molecule has 1 rings (SSSR count). The number of amides is 2. The molecule has 0 aromatic carbocycles. The van der Waals surface area contributed by atoms with E-state index in [1.165, 1.54) is 12.0 Å². The second-order valence-corrected chi connectivity index (χ2v) is 4.46. The molecular weight excluding hydrogens is 252 g/mol. The molecule has 0 radical (unpaired) electrons. The van der Waals surface area contributed by atoms with Crippen LogP contribution in [0.4, 0.5) is 4.79 Å². The van der Waals surface area contributed by atoms with Gasteiger partial charge in [0.05, 0.1) is 7.11 Å². The summed E-state index contributed by atoms with van der Waals surface area (Å²) in [5.41, 5.74) is 0. The Morgan fingerprint density at radius 1 is 1.37 bits per heavy atom. The van der Waals surface area contributed by atoms with Gasteiger partial charge in [-0.05, 0) is 25.7 Å². The number of esters is 1. The monoisotopic (exact) mass is 272 g/mol. The first-order chi connectivity index (χ1) is 9.06. The molecule has 1 saturated heterocycles. The largest absolute Gasteiger partial charge is 0.481 e. The fourth-order valence-electron chi connectivity index (χ4n) is 2.09. The Bertz CT molecular complexity index is 345. The van der Waals surface area contributed by atoms with Crippen molar-refractivity contribution in [2.24, 2.45) is 0 Å². The van der Waals surface area contributed by atoms with Crippen molar-refractivity contribution in [3.05, 3.63) is 0 Å². The van der Waals surface area contributed by atoms with Gasteiger partial charge in [0.25, 0.3) is 0 Å². The summed E-state index contributed by atoms with van der Waals surface area (Å²) in [6.45, 7) is 0.806. The molecule has 1 unspecified atom stereocenters. The predicted molar refractivity (Wildman–Crippen MR) is 66.6 cm³/mol. The van der Waals surface area contributed by atoms with E-state index in [4.69, 9.17) is 5.11 Å². The van der Waals surface area contributed by atoms with Gasteiger partial charge in [0.2, 0.25) is 0 Å². The van der Waals surface area contributed by atoms with Crippen LogP contribution in [0.25, 0.3) is 0 Å². The van der Waals surface area contributed by atoms with E-state index in [1.54, 1.807) is 0 Å². The quantitative estimate of drug-likeness (QED) is 0.564. The van der Waals surface area contributed by atoms with E-state index in [2.05, 4.69) is 10.1 Å². The molecule has 1 fully saturated rings. The number of likely N-dealkylation sites (tertiary alicyclic amines) is 1. The fourth-order valence-corrected chi connectivity index (χ4v) is 2.09. The zero-order valence-corrected chi connectivity index (χ0v) is 11.1. The Balaban J connectivity index is 2.43. The van der Waals surface area contributed by atoms with Crippen LogP contribution in [0.3, 0.4) is 0 Å². The maximum Gasteiger partial charge on any atom is 0.328 e. The van der Waals surface area contributed by atoms with Crippen molar-refractivity contribution < 1.29 is 24.2 Å². The highest BCUT2D eigenvalue weighted by Crippen LogP contribution is 2.18. The van der Waals surface area contributed by atoms with Gasteiger partial charge >= 0.3 is 18.0 Å². The fraction of sp³-hybridized carbons (Fsp3) is 0.750. The molecule has 0 aliphatic carbocycles. The van der Waals surface area contributed by atoms with Crippen molar-refractivity contribution in [3.8, 4) is 0 Å². The molecule has 1 atom stereocenters. The van der Waals surface area contributed by atoms with E-state index in [0.717, 1.165) is 12.8 Å². The van der Waals surface area contributed by atoms with Crippen molar-refractivity contribution in [1.82, 2.24) is 10.2 Å². The lowest BCUT2D eigenvalue weighted by atomic mass is 10.0. The number of carboxylic acids is 1. The van der Waals surface area contributed by atoms with Gasteiger partial charge in [0.15, 0.2) is 0 Å². The highest BCUT2D eigenvalue weighted by Gasteiger charge is 2.32. The smallest absolute Gasteiger partial charge is 0.328 e. The third-order valence-electron chi connectivity index (χ3n) is 3.08. The second-order valence-electron chi connectivity index (χ2n) is 4.46. The number of carbonyl (C=O) groups excluding carboxylic acids is 2. The molecule has 1 aliphatic rings. The van der Waals surface area contributed by atoms with Gasteiger partial charge in [0.1, 0.15) is 6.04 Å². The molecule has 7 nitrogen and oxygen atoms in total. The van der Waals surface area contributed by atoms with E-state index in [9.17, 15) is 14.4 Å². The Morgan fingerprint density at radius 2 is 2.11 bits per heavy atom. The summed E-state index contributed by atoms with van der Waals surface area (Å²) in [6, 6.07) is -0.862. The number of aliphatic carboxylic acids is 1. The molecule has 1 heterocycles. The van der Waals surface area contributed by atoms with E-state index in [1.807, 2.05) is 0 Å². The highest BCUT2D eigenvalue weighted by atomic mass is 16.5. The van der Waals surface area contributed by atoms with Crippen LogP contribution in [0.5, 0.6) is 0 Å². The Labute approximate surface area is 111 Å². The van der Waals surface area contributed by atoms with Gasteiger partial charge in [-0.2, -0.15) is 0 Å². The lowest BCUT2D eigenvalue weighted by Gasteiger charge is -2.33. The van der Waals surface area contributed by atoms with Crippen LogP contribution in [-0.2, 0) is 14.3 Å². The lowest BCUT2D eigenvalue weighted by molar-refractivity contribution is -0.147. The lowest BCUT2D eigenvalue weighted by Crippen LogP contribution is -2.52. The number of carboxylic acid groups (broad SMARTS) is 1. The highest BCUT2D eigenvalue weighted by molar-refractivity contribution is 5.83.